The number of methoxy groups -OCH3 is 1. The number of halogens is 2. The van der Waals surface area contributed by atoms with Crippen LogP contribution in [0.15, 0.2) is 61.2 Å². The number of ether oxygens (including phenoxy) is 1. The van der Waals surface area contributed by atoms with Crippen LogP contribution in [0.25, 0.3) is 28.3 Å². The molecule has 0 amide bonds. The highest BCUT2D eigenvalue weighted by Gasteiger charge is 2.23. The molecule has 0 spiro atoms. The molecular weight excluding hydrogens is 453 g/mol. The molecule has 1 atom stereocenters. The Morgan fingerprint density at radius 3 is 2.56 bits per heavy atom. The first-order valence-electron chi connectivity index (χ1n) is 10.8. The molecule has 172 valence electrons. The molecular formula is C26H23ClFN5O. The highest BCUT2D eigenvalue weighted by atomic mass is 35.5. The number of fused-ring (bicyclic) bond motifs is 1. The number of aromatic nitrogens is 5. The Morgan fingerprint density at radius 2 is 1.85 bits per heavy atom. The van der Waals surface area contributed by atoms with E-state index >= 15 is 0 Å². The third-order valence-electron chi connectivity index (χ3n) is 5.94. The first kappa shape index (κ1) is 22.1. The summed E-state index contributed by atoms with van der Waals surface area (Å²) >= 11 is 6.51. The lowest BCUT2D eigenvalue weighted by atomic mass is 10.0. The SMILES string of the molecule is COc1cc(-c2nnc3n(C(C)c4cc(C)cc(F)c4)cc(Cl)cc2-3)ccc1-n1cnc(C)c1. The second kappa shape index (κ2) is 8.57. The van der Waals surface area contributed by atoms with E-state index in [-0.39, 0.29) is 11.9 Å². The summed E-state index contributed by atoms with van der Waals surface area (Å²) < 4.78 is 23.6. The van der Waals surface area contributed by atoms with E-state index in [9.17, 15) is 4.39 Å². The lowest BCUT2D eigenvalue weighted by molar-refractivity contribution is 0.413. The van der Waals surface area contributed by atoms with Gasteiger partial charge in [0.2, 0.25) is 0 Å². The van der Waals surface area contributed by atoms with Gasteiger partial charge >= 0.3 is 0 Å². The smallest absolute Gasteiger partial charge is 0.165 e. The molecule has 1 aromatic heterocycles. The molecule has 2 aliphatic heterocycles. The number of nitrogens with zero attached hydrogens (tertiary/aromatic N) is 5. The van der Waals surface area contributed by atoms with Crippen LogP contribution in [0.5, 0.6) is 5.75 Å². The molecule has 0 N–H and O–H groups in total. The van der Waals surface area contributed by atoms with Crippen molar-refractivity contribution in [2.45, 2.75) is 26.8 Å². The van der Waals surface area contributed by atoms with Crippen molar-refractivity contribution in [2.75, 3.05) is 7.11 Å². The number of rotatable bonds is 5. The zero-order valence-corrected chi connectivity index (χ0v) is 20.0. The van der Waals surface area contributed by atoms with Crippen molar-refractivity contribution in [3.05, 3.63) is 88.8 Å². The largest absolute Gasteiger partial charge is 0.495 e. The van der Waals surface area contributed by atoms with E-state index in [1.165, 1.54) is 12.1 Å². The van der Waals surface area contributed by atoms with Crippen LogP contribution >= 0.6 is 11.6 Å². The van der Waals surface area contributed by atoms with Crippen LogP contribution in [0.1, 0.15) is 29.8 Å². The fraction of sp³-hybridized carbons (Fsp3) is 0.192. The number of aryl methyl sites for hydroxylation is 2. The molecule has 5 rings (SSSR count). The lowest BCUT2D eigenvalue weighted by Crippen LogP contribution is -2.11. The minimum atomic E-state index is -0.268. The van der Waals surface area contributed by atoms with Crippen LogP contribution in [-0.4, -0.2) is 31.4 Å². The van der Waals surface area contributed by atoms with Crippen LogP contribution in [0.2, 0.25) is 5.02 Å². The zero-order valence-electron chi connectivity index (χ0n) is 19.3. The zero-order chi connectivity index (χ0) is 24.0. The summed E-state index contributed by atoms with van der Waals surface area (Å²) in [6.45, 7) is 5.80. The van der Waals surface area contributed by atoms with Gasteiger partial charge in [-0.15, -0.1) is 10.2 Å². The van der Waals surface area contributed by atoms with Gasteiger partial charge in [0, 0.05) is 23.5 Å². The van der Waals surface area contributed by atoms with Crippen molar-refractivity contribution >= 4 is 11.6 Å². The molecule has 0 saturated heterocycles. The summed E-state index contributed by atoms with van der Waals surface area (Å²) in [5.74, 6) is 1.09. The summed E-state index contributed by atoms with van der Waals surface area (Å²) in [6, 6.07) is 12.5. The summed E-state index contributed by atoms with van der Waals surface area (Å²) in [6.07, 6.45) is 5.49. The van der Waals surface area contributed by atoms with Gasteiger partial charge in [0.25, 0.3) is 0 Å². The van der Waals surface area contributed by atoms with Gasteiger partial charge in [-0.1, -0.05) is 23.7 Å². The van der Waals surface area contributed by atoms with E-state index in [0.29, 0.717) is 22.3 Å². The van der Waals surface area contributed by atoms with Crippen molar-refractivity contribution in [3.8, 4) is 34.1 Å². The number of hydrogen-bond acceptors (Lipinski definition) is 4. The molecule has 0 fully saturated rings. The van der Waals surface area contributed by atoms with E-state index in [1.807, 2.05) is 66.4 Å². The van der Waals surface area contributed by atoms with Gasteiger partial charge in [-0.2, -0.15) is 0 Å². The van der Waals surface area contributed by atoms with Crippen LogP contribution in [0.4, 0.5) is 4.39 Å². The number of imidazole rings is 1. The molecule has 3 heterocycles. The Hall–Kier alpha value is -3.71. The summed E-state index contributed by atoms with van der Waals surface area (Å²) in [4.78, 5) is 4.30. The first-order valence-corrected chi connectivity index (χ1v) is 11.2. The van der Waals surface area contributed by atoms with Gasteiger partial charge in [-0.05, 0) is 62.2 Å². The second-order valence-corrected chi connectivity index (χ2v) is 8.83. The van der Waals surface area contributed by atoms with Gasteiger partial charge in [0.1, 0.15) is 17.3 Å². The average Bonchev–Trinajstić information content (AvgIpc) is 3.43. The number of benzene rings is 2. The van der Waals surface area contributed by atoms with Crippen LogP contribution in [0, 0.1) is 19.7 Å². The van der Waals surface area contributed by atoms with E-state index in [4.69, 9.17) is 16.3 Å². The molecule has 2 aliphatic rings. The maximum absolute atomic E-state index is 14.1. The predicted octanol–water partition coefficient (Wildman–Crippen LogP) is 6.26. The van der Waals surface area contributed by atoms with Gasteiger partial charge in [0.15, 0.2) is 5.82 Å². The van der Waals surface area contributed by atoms with Crippen LogP contribution < -0.4 is 4.74 Å². The van der Waals surface area contributed by atoms with Crippen LogP contribution in [0.3, 0.4) is 0 Å². The molecule has 8 heteroatoms. The summed E-state index contributed by atoms with van der Waals surface area (Å²) in [7, 11) is 1.63. The maximum atomic E-state index is 14.1. The second-order valence-electron chi connectivity index (χ2n) is 8.40. The van der Waals surface area contributed by atoms with Crippen molar-refractivity contribution in [1.29, 1.82) is 0 Å². The van der Waals surface area contributed by atoms with Gasteiger partial charge in [-0.25, -0.2) is 9.37 Å². The third-order valence-corrected chi connectivity index (χ3v) is 6.14. The fourth-order valence-corrected chi connectivity index (χ4v) is 4.48. The minimum Gasteiger partial charge on any atom is -0.495 e. The van der Waals surface area contributed by atoms with E-state index in [0.717, 1.165) is 33.6 Å². The van der Waals surface area contributed by atoms with E-state index in [2.05, 4.69) is 15.2 Å². The molecule has 34 heavy (non-hydrogen) atoms. The standard InChI is InChI=1S/C26H23ClFN5O/c1-15-7-19(9-21(28)8-15)17(3)33-13-20(27)11-22-25(30-31-26(22)33)18-5-6-23(24(10-18)34-4)32-12-16(2)29-14-32/h5-14,17H,1-4H3. The highest BCUT2D eigenvalue weighted by Crippen LogP contribution is 2.38. The molecule has 0 bridgehead atoms. The van der Waals surface area contributed by atoms with E-state index in [1.54, 1.807) is 19.6 Å². The molecule has 6 nitrogen and oxygen atoms in total. The Kier molecular flexibility index (Phi) is 5.57. The predicted molar refractivity (Wildman–Crippen MR) is 130 cm³/mol. The Bertz CT molecular complexity index is 1450. The maximum Gasteiger partial charge on any atom is 0.165 e. The third kappa shape index (κ3) is 3.92. The van der Waals surface area contributed by atoms with Gasteiger partial charge in [-0.3, -0.25) is 0 Å². The molecule has 3 aromatic rings. The molecule has 2 aromatic carbocycles. The van der Waals surface area contributed by atoms with Crippen molar-refractivity contribution in [2.24, 2.45) is 0 Å². The van der Waals surface area contributed by atoms with E-state index < -0.39 is 0 Å². The summed E-state index contributed by atoms with van der Waals surface area (Å²) in [5, 5.41) is 9.50. The van der Waals surface area contributed by atoms with Crippen molar-refractivity contribution in [3.63, 3.8) is 0 Å². The molecule has 0 saturated carbocycles. The number of pyridine rings is 1. The normalized spacial score (nSPS) is 12.3. The van der Waals surface area contributed by atoms with Crippen LogP contribution in [-0.2, 0) is 0 Å². The summed E-state index contributed by atoms with van der Waals surface area (Å²) in [5.41, 5.74) is 5.83. The Morgan fingerprint density at radius 1 is 1.03 bits per heavy atom. The van der Waals surface area contributed by atoms with Crippen molar-refractivity contribution in [1.82, 2.24) is 24.3 Å². The quantitative estimate of drug-likeness (QED) is 0.301. The average molecular weight is 476 g/mol. The Labute approximate surface area is 202 Å². The number of hydrogen-bond donors (Lipinski definition) is 0. The molecule has 0 aliphatic carbocycles. The van der Waals surface area contributed by atoms with Crippen molar-refractivity contribution < 1.29 is 9.13 Å². The monoisotopic (exact) mass is 475 g/mol. The Balaban J connectivity index is 1.58. The minimum absolute atomic E-state index is 0.193. The van der Waals surface area contributed by atoms with Gasteiger partial charge < -0.3 is 13.9 Å². The first-order chi connectivity index (χ1) is 16.3. The fourth-order valence-electron chi connectivity index (χ4n) is 4.27. The van der Waals surface area contributed by atoms with Gasteiger partial charge in [0.05, 0.1) is 35.9 Å². The lowest BCUT2D eigenvalue weighted by Gasteiger charge is -2.20. The highest BCUT2D eigenvalue weighted by molar-refractivity contribution is 6.30. The molecule has 1 unspecified atom stereocenters. The molecule has 0 radical (unpaired) electrons. The topological polar surface area (TPSA) is 57.8 Å².